The standard InChI is InChI=1S/C18H12F5N3O/c19-14-7-3-6-13(16(14)20)17(15-8-27-15,26-10-24-9-25-26)11-4-1-2-5-12(11)18(21,22)23/h1-7,9-10,15H,8H2. The Balaban J connectivity index is 2.12. The summed E-state index contributed by atoms with van der Waals surface area (Å²) in [6.45, 7) is 0.0575. The molecule has 9 heteroatoms. The maximum atomic E-state index is 14.8. The van der Waals surface area contributed by atoms with Crippen molar-refractivity contribution in [2.75, 3.05) is 6.61 Å². The lowest BCUT2D eigenvalue weighted by Crippen LogP contribution is -2.44. The van der Waals surface area contributed by atoms with Gasteiger partial charge in [-0.3, -0.25) is 0 Å². The molecule has 0 saturated carbocycles. The average Bonchev–Trinajstić information content (AvgIpc) is 3.33. The van der Waals surface area contributed by atoms with Gasteiger partial charge in [0, 0.05) is 5.56 Å². The van der Waals surface area contributed by atoms with Crippen molar-refractivity contribution in [2.45, 2.75) is 17.8 Å². The monoisotopic (exact) mass is 381 g/mol. The maximum Gasteiger partial charge on any atom is 0.416 e. The third kappa shape index (κ3) is 2.69. The summed E-state index contributed by atoms with van der Waals surface area (Å²) in [5, 5.41) is 3.97. The zero-order valence-electron chi connectivity index (χ0n) is 13.6. The Kier molecular flexibility index (Phi) is 3.99. The molecule has 2 atom stereocenters. The van der Waals surface area contributed by atoms with Crippen LogP contribution in [0.1, 0.15) is 16.7 Å². The molecule has 140 valence electrons. The number of hydrogen-bond acceptors (Lipinski definition) is 3. The molecule has 0 amide bonds. The minimum Gasteiger partial charge on any atom is -0.370 e. The summed E-state index contributed by atoms with van der Waals surface area (Å²) >= 11 is 0. The molecule has 1 saturated heterocycles. The van der Waals surface area contributed by atoms with Crippen molar-refractivity contribution in [3.05, 3.63) is 83.4 Å². The molecule has 2 unspecified atom stereocenters. The van der Waals surface area contributed by atoms with Crippen LogP contribution in [0.25, 0.3) is 0 Å². The molecule has 3 aromatic rings. The lowest BCUT2D eigenvalue weighted by molar-refractivity contribution is -0.138. The van der Waals surface area contributed by atoms with Crippen molar-refractivity contribution >= 4 is 0 Å². The second-order valence-corrected chi connectivity index (χ2v) is 6.07. The quantitative estimate of drug-likeness (QED) is 0.511. The summed E-state index contributed by atoms with van der Waals surface area (Å²) in [4.78, 5) is 3.79. The number of benzene rings is 2. The van der Waals surface area contributed by atoms with Gasteiger partial charge in [0.2, 0.25) is 0 Å². The van der Waals surface area contributed by atoms with Crippen LogP contribution in [0.3, 0.4) is 0 Å². The van der Waals surface area contributed by atoms with Gasteiger partial charge in [-0.25, -0.2) is 18.4 Å². The normalized spacial score (nSPS) is 18.9. The topological polar surface area (TPSA) is 43.2 Å². The lowest BCUT2D eigenvalue weighted by Gasteiger charge is -2.35. The predicted molar refractivity (Wildman–Crippen MR) is 83.7 cm³/mol. The molecule has 1 aliphatic rings. The average molecular weight is 381 g/mol. The van der Waals surface area contributed by atoms with Crippen LogP contribution in [0.5, 0.6) is 0 Å². The zero-order chi connectivity index (χ0) is 19.2. The largest absolute Gasteiger partial charge is 0.416 e. The second-order valence-electron chi connectivity index (χ2n) is 6.07. The molecule has 1 fully saturated rings. The summed E-state index contributed by atoms with van der Waals surface area (Å²) in [5.41, 5.74) is -3.46. The minimum atomic E-state index is -4.72. The summed E-state index contributed by atoms with van der Waals surface area (Å²) in [6.07, 6.45) is -3.32. The number of aromatic nitrogens is 3. The van der Waals surface area contributed by atoms with Gasteiger partial charge in [0.05, 0.1) is 12.2 Å². The van der Waals surface area contributed by atoms with E-state index in [0.717, 1.165) is 23.1 Å². The van der Waals surface area contributed by atoms with Gasteiger partial charge in [0.1, 0.15) is 24.3 Å². The number of nitrogens with zero attached hydrogens (tertiary/aromatic N) is 3. The van der Waals surface area contributed by atoms with Crippen LogP contribution in [-0.4, -0.2) is 27.5 Å². The fourth-order valence-electron chi connectivity index (χ4n) is 3.43. The molecular formula is C18H12F5N3O. The highest BCUT2D eigenvalue weighted by atomic mass is 19.4. The summed E-state index contributed by atoms with van der Waals surface area (Å²) in [5.74, 6) is -2.44. The first-order chi connectivity index (χ1) is 12.9. The highest BCUT2D eigenvalue weighted by Gasteiger charge is 2.56. The third-order valence-corrected chi connectivity index (χ3v) is 4.58. The van der Waals surface area contributed by atoms with E-state index in [0.29, 0.717) is 0 Å². The van der Waals surface area contributed by atoms with E-state index in [1.165, 1.54) is 36.7 Å². The van der Waals surface area contributed by atoms with Crippen LogP contribution < -0.4 is 0 Å². The highest BCUT2D eigenvalue weighted by Crippen LogP contribution is 2.48. The Morgan fingerprint density at radius 1 is 0.963 bits per heavy atom. The molecule has 0 bridgehead atoms. The van der Waals surface area contributed by atoms with Crippen LogP contribution in [0.4, 0.5) is 22.0 Å². The molecule has 0 radical (unpaired) electrons. The lowest BCUT2D eigenvalue weighted by atomic mass is 9.77. The molecule has 4 rings (SSSR count). The van der Waals surface area contributed by atoms with Crippen LogP contribution in [0, 0.1) is 11.6 Å². The first kappa shape index (κ1) is 17.6. The van der Waals surface area contributed by atoms with Crippen molar-refractivity contribution in [3.8, 4) is 0 Å². The zero-order valence-corrected chi connectivity index (χ0v) is 13.6. The molecule has 4 nitrogen and oxygen atoms in total. The van der Waals surface area contributed by atoms with Crippen LogP contribution in [0.2, 0.25) is 0 Å². The van der Waals surface area contributed by atoms with E-state index in [1.807, 2.05) is 0 Å². The number of epoxide rings is 1. The number of ether oxygens (including phenoxy) is 1. The minimum absolute atomic E-state index is 0.0575. The Hall–Kier alpha value is -2.81. The van der Waals surface area contributed by atoms with Crippen LogP contribution >= 0.6 is 0 Å². The Labute approximate surface area is 150 Å². The van der Waals surface area contributed by atoms with Crippen LogP contribution in [-0.2, 0) is 16.5 Å². The van der Waals surface area contributed by atoms with Crippen molar-refractivity contribution in [1.82, 2.24) is 14.8 Å². The number of hydrogen-bond donors (Lipinski definition) is 0. The summed E-state index contributed by atoms with van der Waals surface area (Å²) in [7, 11) is 0. The Bertz CT molecular complexity index is 969. The van der Waals surface area contributed by atoms with E-state index < -0.39 is 35.0 Å². The first-order valence-electron chi connectivity index (χ1n) is 7.94. The Morgan fingerprint density at radius 3 is 2.22 bits per heavy atom. The molecule has 0 aliphatic carbocycles. The van der Waals surface area contributed by atoms with Crippen molar-refractivity contribution in [2.24, 2.45) is 0 Å². The molecule has 0 N–H and O–H groups in total. The second kappa shape index (κ2) is 6.12. The molecule has 1 aromatic heterocycles. The van der Waals surface area contributed by atoms with Crippen molar-refractivity contribution in [1.29, 1.82) is 0 Å². The van der Waals surface area contributed by atoms with Crippen LogP contribution in [0.15, 0.2) is 55.1 Å². The summed E-state index contributed by atoms with van der Waals surface area (Å²) < 4.78 is 76.5. The highest BCUT2D eigenvalue weighted by molar-refractivity contribution is 5.48. The fraction of sp³-hybridized carbons (Fsp3) is 0.222. The molecule has 2 heterocycles. The van der Waals surface area contributed by atoms with E-state index >= 15 is 0 Å². The van der Waals surface area contributed by atoms with E-state index in [-0.39, 0.29) is 17.7 Å². The molecule has 2 aromatic carbocycles. The number of halogens is 5. The van der Waals surface area contributed by atoms with Crippen molar-refractivity contribution in [3.63, 3.8) is 0 Å². The number of alkyl halides is 3. The predicted octanol–water partition coefficient (Wildman–Crippen LogP) is 3.77. The van der Waals surface area contributed by atoms with Gasteiger partial charge in [-0.1, -0.05) is 30.3 Å². The van der Waals surface area contributed by atoms with Gasteiger partial charge >= 0.3 is 6.18 Å². The maximum absolute atomic E-state index is 14.8. The Morgan fingerprint density at radius 2 is 1.63 bits per heavy atom. The number of rotatable bonds is 4. The van der Waals surface area contributed by atoms with Gasteiger partial charge in [0.25, 0.3) is 0 Å². The van der Waals surface area contributed by atoms with Gasteiger partial charge < -0.3 is 4.74 Å². The molecule has 27 heavy (non-hydrogen) atoms. The molecular weight excluding hydrogens is 369 g/mol. The van der Waals surface area contributed by atoms with Gasteiger partial charge in [0.15, 0.2) is 11.6 Å². The van der Waals surface area contributed by atoms with Gasteiger partial charge in [-0.2, -0.15) is 18.3 Å². The van der Waals surface area contributed by atoms with Crippen molar-refractivity contribution < 1.29 is 26.7 Å². The third-order valence-electron chi connectivity index (χ3n) is 4.58. The first-order valence-corrected chi connectivity index (χ1v) is 7.94. The summed E-state index contributed by atoms with van der Waals surface area (Å²) in [6, 6.07) is 8.10. The molecule has 1 aliphatic heterocycles. The fourth-order valence-corrected chi connectivity index (χ4v) is 3.43. The van der Waals surface area contributed by atoms with E-state index in [2.05, 4.69) is 10.1 Å². The van der Waals surface area contributed by atoms with E-state index in [9.17, 15) is 22.0 Å². The smallest absolute Gasteiger partial charge is 0.370 e. The molecule has 0 spiro atoms. The SMILES string of the molecule is Fc1cccc(C(c2ccccc2C(F)(F)F)(C2CO2)n2cncn2)c1F. The van der Waals surface area contributed by atoms with E-state index in [1.54, 1.807) is 0 Å². The van der Waals surface area contributed by atoms with Gasteiger partial charge in [-0.15, -0.1) is 0 Å². The van der Waals surface area contributed by atoms with Gasteiger partial charge in [-0.05, 0) is 17.7 Å². The van der Waals surface area contributed by atoms with E-state index in [4.69, 9.17) is 4.74 Å².